The molecule has 3 rings (SSSR count). The lowest BCUT2D eigenvalue weighted by Gasteiger charge is -2.10. The number of nitrogens with zero attached hydrogens (tertiary/aromatic N) is 1. The molecular weight excluding hydrogens is 493 g/mol. The van der Waals surface area contributed by atoms with E-state index in [0.29, 0.717) is 28.8 Å². The Morgan fingerprint density at radius 3 is 2.35 bits per heavy atom. The molecular formula is C25H21F3N4O5. The first-order valence-corrected chi connectivity index (χ1v) is 10.6. The van der Waals surface area contributed by atoms with Crippen molar-refractivity contribution in [3.8, 4) is 11.5 Å². The smallest absolute Gasteiger partial charge is 0.416 e. The number of rotatable bonds is 8. The molecule has 37 heavy (non-hydrogen) atoms. The average molecular weight is 514 g/mol. The number of benzene rings is 3. The Bertz CT molecular complexity index is 1290. The average Bonchev–Trinajstić information content (AvgIpc) is 2.88. The van der Waals surface area contributed by atoms with Crippen molar-refractivity contribution in [2.24, 2.45) is 5.10 Å². The fourth-order valence-electron chi connectivity index (χ4n) is 2.91. The molecule has 12 heteroatoms. The molecule has 0 saturated heterocycles. The van der Waals surface area contributed by atoms with Crippen molar-refractivity contribution < 1.29 is 37.0 Å². The maximum absolute atomic E-state index is 12.8. The van der Waals surface area contributed by atoms with E-state index in [-0.39, 0.29) is 18.2 Å². The molecule has 0 aromatic heterocycles. The molecule has 3 aromatic carbocycles. The molecule has 0 heterocycles. The summed E-state index contributed by atoms with van der Waals surface area (Å²) in [7, 11) is 1.49. The highest BCUT2D eigenvalue weighted by atomic mass is 19.4. The van der Waals surface area contributed by atoms with Crippen LogP contribution >= 0.6 is 0 Å². The Kier molecular flexibility index (Phi) is 8.81. The van der Waals surface area contributed by atoms with Gasteiger partial charge in [0, 0.05) is 5.69 Å². The first-order chi connectivity index (χ1) is 17.7. The minimum absolute atomic E-state index is 0.189. The highest BCUT2D eigenvalue weighted by molar-refractivity contribution is 6.39. The van der Waals surface area contributed by atoms with Crippen molar-refractivity contribution in [2.75, 3.05) is 24.4 Å². The van der Waals surface area contributed by atoms with E-state index in [1.807, 2.05) is 5.43 Å². The van der Waals surface area contributed by atoms with Crippen LogP contribution in [0, 0.1) is 0 Å². The standard InChI is InChI=1S/C25H21F3N4O5/c1-36-21-8-3-2-7-20(21)31-22(33)15-37-19-11-9-16(10-12-19)14-29-32-24(35)23(34)30-18-6-4-5-17(13-18)25(26,27)28/h2-14H,15H2,1H3,(H,30,34)(H,31,33)(H,32,35). The van der Waals surface area contributed by atoms with Gasteiger partial charge >= 0.3 is 18.0 Å². The van der Waals surface area contributed by atoms with Gasteiger partial charge in [-0.25, -0.2) is 5.43 Å². The van der Waals surface area contributed by atoms with Gasteiger partial charge in [0.25, 0.3) is 5.91 Å². The molecule has 3 amide bonds. The van der Waals surface area contributed by atoms with Crippen LogP contribution < -0.4 is 25.5 Å². The van der Waals surface area contributed by atoms with Gasteiger partial charge in [-0.2, -0.15) is 18.3 Å². The Hall–Kier alpha value is -4.87. The monoisotopic (exact) mass is 514 g/mol. The van der Waals surface area contributed by atoms with Crippen molar-refractivity contribution in [2.45, 2.75) is 6.18 Å². The number of hydrogen-bond donors (Lipinski definition) is 3. The first kappa shape index (κ1) is 26.7. The van der Waals surface area contributed by atoms with Crippen LogP contribution in [-0.4, -0.2) is 37.7 Å². The SMILES string of the molecule is COc1ccccc1NC(=O)COc1ccc(C=NNC(=O)C(=O)Nc2cccc(C(F)(F)F)c2)cc1. The van der Waals surface area contributed by atoms with Crippen LogP contribution in [0.15, 0.2) is 77.9 Å². The Balaban J connectivity index is 1.46. The highest BCUT2D eigenvalue weighted by Crippen LogP contribution is 2.30. The number of para-hydroxylation sites is 2. The minimum Gasteiger partial charge on any atom is -0.495 e. The van der Waals surface area contributed by atoms with Crippen molar-refractivity contribution in [3.05, 3.63) is 83.9 Å². The zero-order valence-electron chi connectivity index (χ0n) is 19.3. The number of halogens is 3. The molecule has 9 nitrogen and oxygen atoms in total. The van der Waals surface area contributed by atoms with Gasteiger partial charge < -0.3 is 20.1 Å². The predicted molar refractivity (Wildman–Crippen MR) is 129 cm³/mol. The molecule has 0 spiro atoms. The van der Waals surface area contributed by atoms with Crippen LogP contribution in [0.4, 0.5) is 24.5 Å². The van der Waals surface area contributed by atoms with E-state index in [9.17, 15) is 27.6 Å². The summed E-state index contributed by atoms with van der Waals surface area (Å²) in [5.74, 6) is -1.83. The lowest BCUT2D eigenvalue weighted by molar-refractivity contribution is -0.137. The molecule has 192 valence electrons. The second-order valence-electron chi connectivity index (χ2n) is 7.34. The Morgan fingerprint density at radius 1 is 0.919 bits per heavy atom. The molecule has 0 bridgehead atoms. The molecule has 0 radical (unpaired) electrons. The number of hydrazone groups is 1. The highest BCUT2D eigenvalue weighted by Gasteiger charge is 2.30. The Morgan fingerprint density at radius 2 is 1.65 bits per heavy atom. The molecule has 0 unspecified atom stereocenters. The minimum atomic E-state index is -4.59. The van der Waals surface area contributed by atoms with E-state index in [4.69, 9.17) is 9.47 Å². The van der Waals surface area contributed by atoms with E-state index < -0.39 is 23.6 Å². The molecule has 0 atom stereocenters. The second-order valence-corrected chi connectivity index (χ2v) is 7.34. The van der Waals surface area contributed by atoms with Crippen LogP contribution in [0.3, 0.4) is 0 Å². The van der Waals surface area contributed by atoms with Gasteiger partial charge in [-0.15, -0.1) is 0 Å². The van der Waals surface area contributed by atoms with E-state index in [2.05, 4.69) is 15.7 Å². The van der Waals surface area contributed by atoms with Crippen LogP contribution in [0.2, 0.25) is 0 Å². The van der Waals surface area contributed by atoms with E-state index in [0.717, 1.165) is 12.1 Å². The van der Waals surface area contributed by atoms with Crippen molar-refractivity contribution in [3.63, 3.8) is 0 Å². The van der Waals surface area contributed by atoms with E-state index in [1.165, 1.54) is 19.4 Å². The van der Waals surface area contributed by atoms with Crippen LogP contribution in [0.1, 0.15) is 11.1 Å². The normalized spacial score (nSPS) is 11.0. The summed E-state index contributed by atoms with van der Waals surface area (Å²) in [5, 5.41) is 8.40. The van der Waals surface area contributed by atoms with Crippen molar-refractivity contribution in [1.82, 2.24) is 5.43 Å². The number of amides is 3. The molecule has 3 N–H and O–H groups in total. The molecule has 0 aliphatic heterocycles. The summed E-state index contributed by atoms with van der Waals surface area (Å²) >= 11 is 0. The zero-order valence-corrected chi connectivity index (χ0v) is 19.3. The van der Waals surface area contributed by atoms with Gasteiger partial charge in [-0.05, 0) is 60.2 Å². The Labute approximate surface area is 209 Å². The summed E-state index contributed by atoms with van der Waals surface area (Å²) in [6.45, 7) is -0.247. The maximum atomic E-state index is 12.8. The van der Waals surface area contributed by atoms with E-state index in [1.54, 1.807) is 48.5 Å². The quantitative estimate of drug-likeness (QED) is 0.240. The van der Waals surface area contributed by atoms with E-state index >= 15 is 0 Å². The summed E-state index contributed by atoms with van der Waals surface area (Å²) in [6, 6.07) is 17.1. The number of carbonyl (C=O) groups excluding carboxylic acids is 3. The van der Waals surface area contributed by atoms with Gasteiger partial charge in [-0.1, -0.05) is 18.2 Å². The number of anilines is 2. The van der Waals surface area contributed by atoms with Crippen LogP contribution in [0.5, 0.6) is 11.5 Å². The topological polar surface area (TPSA) is 118 Å². The molecule has 0 saturated carbocycles. The number of nitrogens with one attached hydrogen (secondary N) is 3. The summed E-state index contributed by atoms with van der Waals surface area (Å²) in [5.41, 5.74) is 1.87. The number of carbonyl (C=O) groups is 3. The number of methoxy groups -OCH3 is 1. The first-order valence-electron chi connectivity index (χ1n) is 10.6. The third-order valence-corrected chi connectivity index (χ3v) is 4.66. The van der Waals surface area contributed by atoms with Gasteiger partial charge in [-0.3, -0.25) is 14.4 Å². The summed E-state index contributed by atoms with van der Waals surface area (Å²) in [6.07, 6.45) is -3.34. The van der Waals surface area contributed by atoms with Crippen LogP contribution in [0.25, 0.3) is 0 Å². The molecule has 0 fully saturated rings. The lowest BCUT2D eigenvalue weighted by Crippen LogP contribution is -2.32. The fraction of sp³-hybridized carbons (Fsp3) is 0.120. The summed E-state index contributed by atoms with van der Waals surface area (Å²) < 4.78 is 48.9. The van der Waals surface area contributed by atoms with Crippen molar-refractivity contribution >= 4 is 35.3 Å². The predicted octanol–water partition coefficient (Wildman–Crippen LogP) is 3.82. The van der Waals surface area contributed by atoms with Gasteiger partial charge in [0.05, 0.1) is 24.6 Å². The number of hydrogen-bond acceptors (Lipinski definition) is 6. The third-order valence-electron chi connectivity index (χ3n) is 4.66. The third kappa shape index (κ3) is 8.09. The molecule has 3 aromatic rings. The lowest BCUT2D eigenvalue weighted by atomic mass is 10.2. The molecule has 0 aliphatic rings. The van der Waals surface area contributed by atoms with Crippen LogP contribution in [-0.2, 0) is 20.6 Å². The summed E-state index contributed by atoms with van der Waals surface area (Å²) in [4.78, 5) is 35.9. The second kappa shape index (κ2) is 12.2. The fourth-order valence-corrected chi connectivity index (χ4v) is 2.91. The number of alkyl halides is 3. The van der Waals surface area contributed by atoms with Gasteiger partial charge in [0.1, 0.15) is 11.5 Å². The van der Waals surface area contributed by atoms with Gasteiger partial charge in [0.2, 0.25) is 0 Å². The number of ether oxygens (including phenoxy) is 2. The molecule has 0 aliphatic carbocycles. The zero-order chi connectivity index (χ0) is 26.8. The largest absolute Gasteiger partial charge is 0.495 e. The van der Waals surface area contributed by atoms with Crippen molar-refractivity contribution in [1.29, 1.82) is 0 Å². The maximum Gasteiger partial charge on any atom is 0.416 e. The van der Waals surface area contributed by atoms with Gasteiger partial charge in [0.15, 0.2) is 6.61 Å².